The number of hydrogen-bond acceptors (Lipinski definition) is 2. The molecule has 0 fully saturated rings. The number of aryl methyl sites for hydroxylation is 1. The minimum Gasteiger partial charge on any atom is -0.340 e. The fourth-order valence-electron chi connectivity index (χ4n) is 1.29. The minimum absolute atomic E-state index is 0.885. The average Bonchev–Trinajstić information content (AvgIpc) is 2.22. The zero-order valence-corrected chi connectivity index (χ0v) is 10.5. The Labute approximate surface area is 103 Å². The van der Waals surface area contributed by atoms with Gasteiger partial charge in [0.25, 0.3) is 0 Å². The van der Waals surface area contributed by atoms with Crippen LogP contribution in [0.5, 0.6) is 0 Å². The summed E-state index contributed by atoms with van der Waals surface area (Å²) in [7, 11) is 0. The lowest BCUT2D eigenvalue weighted by atomic mass is 10.3. The lowest BCUT2D eigenvalue weighted by Crippen LogP contribution is -1.93. The average molecular weight is 310 g/mol. The lowest BCUT2D eigenvalue weighted by Gasteiger charge is -2.05. The number of aromatic nitrogens is 1. The van der Waals surface area contributed by atoms with Crippen LogP contribution in [0, 0.1) is 10.5 Å². The summed E-state index contributed by atoms with van der Waals surface area (Å²) in [5.74, 6) is 0.885. The van der Waals surface area contributed by atoms with E-state index in [-0.39, 0.29) is 0 Å². The molecule has 0 aliphatic rings. The molecule has 1 N–H and O–H groups in total. The molecule has 0 radical (unpaired) electrons. The van der Waals surface area contributed by atoms with Crippen LogP contribution in [0.15, 0.2) is 42.6 Å². The maximum absolute atomic E-state index is 4.24. The Morgan fingerprint density at radius 2 is 1.87 bits per heavy atom. The molecular weight excluding hydrogens is 299 g/mol. The predicted octanol–water partition coefficient (Wildman–Crippen LogP) is 3.74. The fraction of sp³-hybridized carbons (Fsp3) is 0.0833. The van der Waals surface area contributed by atoms with E-state index in [4.69, 9.17) is 0 Å². The first-order valence-electron chi connectivity index (χ1n) is 4.69. The fourth-order valence-corrected chi connectivity index (χ4v) is 1.65. The van der Waals surface area contributed by atoms with Crippen molar-refractivity contribution in [2.24, 2.45) is 0 Å². The number of rotatable bonds is 2. The molecule has 0 atom stereocenters. The quantitative estimate of drug-likeness (QED) is 0.855. The van der Waals surface area contributed by atoms with Crippen LogP contribution in [0.2, 0.25) is 0 Å². The molecule has 76 valence electrons. The lowest BCUT2D eigenvalue weighted by molar-refractivity contribution is 1.27. The van der Waals surface area contributed by atoms with Crippen LogP contribution in [-0.4, -0.2) is 4.98 Å². The van der Waals surface area contributed by atoms with Crippen molar-refractivity contribution in [3.8, 4) is 0 Å². The van der Waals surface area contributed by atoms with E-state index in [0.717, 1.165) is 11.5 Å². The molecule has 2 rings (SSSR count). The second kappa shape index (κ2) is 4.61. The second-order valence-electron chi connectivity index (χ2n) is 3.35. The van der Waals surface area contributed by atoms with Crippen molar-refractivity contribution in [2.45, 2.75) is 6.92 Å². The van der Waals surface area contributed by atoms with Crippen LogP contribution >= 0.6 is 22.6 Å². The monoisotopic (exact) mass is 310 g/mol. The molecule has 1 heterocycles. The van der Waals surface area contributed by atoms with Crippen LogP contribution < -0.4 is 5.32 Å². The number of halogens is 1. The van der Waals surface area contributed by atoms with Gasteiger partial charge in [-0.05, 0) is 71.5 Å². The topological polar surface area (TPSA) is 24.9 Å². The summed E-state index contributed by atoms with van der Waals surface area (Å²) in [5, 5.41) is 3.26. The molecule has 0 amide bonds. The summed E-state index contributed by atoms with van der Waals surface area (Å²) in [6.07, 6.45) is 1.81. The molecule has 1 aromatic heterocycles. The highest BCUT2D eigenvalue weighted by Gasteiger charge is 1.95. The SMILES string of the molecule is Cc1ccnc(Nc2ccc(I)cc2)c1. The van der Waals surface area contributed by atoms with Gasteiger partial charge in [-0.25, -0.2) is 4.98 Å². The van der Waals surface area contributed by atoms with Crippen LogP contribution in [0.25, 0.3) is 0 Å². The number of nitrogens with zero attached hydrogens (tertiary/aromatic N) is 1. The van der Waals surface area contributed by atoms with Gasteiger partial charge in [-0.15, -0.1) is 0 Å². The molecule has 2 aromatic rings. The first-order valence-corrected chi connectivity index (χ1v) is 5.77. The van der Waals surface area contributed by atoms with E-state index in [2.05, 4.69) is 51.9 Å². The predicted molar refractivity (Wildman–Crippen MR) is 71.4 cm³/mol. The van der Waals surface area contributed by atoms with Crippen LogP contribution in [-0.2, 0) is 0 Å². The molecule has 0 bridgehead atoms. The van der Waals surface area contributed by atoms with E-state index >= 15 is 0 Å². The van der Waals surface area contributed by atoms with Crippen LogP contribution in [0.4, 0.5) is 11.5 Å². The Hall–Kier alpha value is -1.10. The highest BCUT2D eigenvalue weighted by Crippen LogP contribution is 2.16. The molecule has 0 unspecified atom stereocenters. The molecule has 0 aliphatic heterocycles. The third-order valence-corrected chi connectivity index (χ3v) is 2.75. The molecule has 3 heteroatoms. The van der Waals surface area contributed by atoms with Crippen molar-refractivity contribution >= 4 is 34.1 Å². The highest BCUT2D eigenvalue weighted by molar-refractivity contribution is 14.1. The van der Waals surface area contributed by atoms with Crippen molar-refractivity contribution < 1.29 is 0 Å². The second-order valence-corrected chi connectivity index (χ2v) is 4.60. The van der Waals surface area contributed by atoms with Crippen molar-refractivity contribution in [1.82, 2.24) is 4.98 Å². The Morgan fingerprint density at radius 3 is 2.53 bits per heavy atom. The Morgan fingerprint density at radius 1 is 1.13 bits per heavy atom. The van der Waals surface area contributed by atoms with Crippen LogP contribution in [0.3, 0.4) is 0 Å². The zero-order valence-electron chi connectivity index (χ0n) is 8.37. The molecule has 0 spiro atoms. The normalized spacial score (nSPS) is 10.0. The first kappa shape index (κ1) is 10.4. The third kappa shape index (κ3) is 2.92. The number of benzene rings is 1. The van der Waals surface area contributed by atoms with Gasteiger partial charge in [-0.1, -0.05) is 0 Å². The van der Waals surface area contributed by atoms with E-state index in [1.807, 2.05) is 30.5 Å². The van der Waals surface area contributed by atoms with Gasteiger partial charge in [0.1, 0.15) is 5.82 Å². The van der Waals surface area contributed by atoms with E-state index in [1.54, 1.807) is 0 Å². The zero-order chi connectivity index (χ0) is 10.7. The van der Waals surface area contributed by atoms with Crippen molar-refractivity contribution in [1.29, 1.82) is 0 Å². The van der Waals surface area contributed by atoms with E-state index in [1.165, 1.54) is 9.13 Å². The van der Waals surface area contributed by atoms with Crippen molar-refractivity contribution in [3.05, 3.63) is 51.7 Å². The number of hydrogen-bond donors (Lipinski definition) is 1. The Kier molecular flexibility index (Phi) is 3.20. The number of pyridine rings is 1. The van der Waals surface area contributed by atoms with Crippen LogP contribution in [0.1, 0.15) is 5.56 Å². The standard InChI is InChI=1S/C12H11IN2/c1-9-6-7-14-12(8-9)15-11-4-2-10(13)3-5-11/h2-8H,1H3,(H,14,15). The van der Waals surface area contributed by atoms with Gasteiger partial charge in [-0.2, -0.15) is 0 Å². The van der Waals surface area contributed by atoms with Gasteiger partial charge in [0.2, 0.25) is 0 Å². The van der Waals surface area contributed by atoms with E-state index < -0.39 is 0 Å². The largest absolute Gasteiger partial charge is 0.340 e. The third-order valence-electron chi connectivity index (χ3n) is 2.03. The molecular formula is C12H11IN2. The van der Waals surface area contributed by atoms with Gasteiger partial charge < -0.3 is 5.32 Å². The van der Waals surface area contributed by atoms with Crippen molar-refractivity contribution in [2.75, 3.05) is 5.32 Å². The van der Waals surface area contributed by atoms with Gasteiger partial charge >= 0.3 is 0 Å². The van der Waals surface area contributed by atoms with E-state index in [9.17, 15) is 0 Å². The molecule has 1 aromatic carbocycles. The molecule has 0 saturated carbocycles. The van der Waals surface area contributed by atoms with Gasteiger partial charge in [0.15, 0.2) is 0 Å². The molecule has 0 aliphatic carbocycles. The summed E-state index contributed by atoms with van der Waals surface area (Å²) in [6.45, 7) is 2.06. The molecule has 0 saturated heterocycles. The van der Waals surface area contributed by atoms with E-state index in [0.29, 0.717) is 0 Å². The van der Waals surface area contributed by atoms with Crippen molar-refractivity contribution in [3.63, 3.8) is 0 Å². The molecule has 15 heavy (non-hydrogen) atoms. The summed E-state index contributed by atoms with van der Waals surface area (Å²) >= 11 is 2.29. The Balaban J connectivity index is 2.18. The maximum Gasteiger partial charge on any atom is 0.130 e. The summed E-state index contributed by atoms with van der Waals surface area (Å²) in [6, 6.07) is 12.2. The number of anilines is 2. The van der Waals surface area contributed by atoms with Gasteiger partial charge in [0, 0.05) is 15.5 Å². The Bertz CT molecular complexity index is 451. The van der Waals surface area contributed by atoms with Gasteiger partial charge in [0.05, 0.1) is 0 Å². The van der Waals surface area contributed by atoms with Gasteiger partial charge in [-0.3, -0.25) is 0 Å². The summed E-state index contributed by atoms with van der Waals surface area (Å²) in [5.41, 5.74) is 2.27. The number of nitrogens with one attached hydrogen (secondary N) is 1. The maximum atomic E-state index is 4.24. The smallest absolute Gasteiger partial charge is 0.130 e. The summed E-state index contributed by atoms with van der Waals surface area (Å²) in [4.78, 5) is 4.24. The summed E-state index contributed by atoms with van der Waals surface area (Å²) < 4.78 is 1.23. The molecule has 2 nitrogen and oxygen atoms in total. The first-order chi connectivity index (χ1) is 7.24. The highest BCUT2D eigenvalue weighted by atomic mass is 127. The minimum atomic E-state index is 0.885.